The molecular weight excluding hydrogens is 517 g/mol. The van der Waals surface area contributed by atoms with Crippen molar-refractivity contribution in [3.8, 4) is 0 Å². The summed E-state index contributed by atoms with van der Waals surface area (Å²) < 4.78 is 25.9. The van der Waals surface area contributed by atoms with E-state index in [9.17, 15) is 19.7 Å². The molecule has 1 fully saturated rings. The van der Waals surface area contributed by atoms with Crippen LogP contribution in [0.2, 0.25) is 0 Å². The van der Waals surface area contributed by atoms with Gasteiger partial charge in [-0.1, -0.05) is 18.7 Å². The zero-order valence-electron chi connectivity index (χ0n) is 19.2. The molecule has 0 amide bonds. The van der Waals surface area contributed by atoms with Gasteiger partial charge in [-0.2, -0.15) is 11.8 Å². The van der Waals surface area contributed by atoms with Gasteiger partial charge in [0.15, 0.2) is 28.4 Å². The van der Waals surface area contributed by atoms with Gasteiger partial charge in [0.1, 0.15) is 24.6 Å². The number of rotatable bonds is 12. The van der Waals surface area contributed by atoms with Gasteiger partial charge in [-0.05, 0) is 12.7 Å². The number of ether oxygens (including phenoxy) is 1. The molecule has 0 bridgehead atoms. The Balaban J connectivity index is 1.56. The van der Waals surface area contributed by atoms with Gasteiger partial charge in [-0.25, -0.2) is 28.8 Å². The third kappa shape index (κ3) is 5.83. The molecule has 16 heteroatoms. The quantitative estimate of drug-likeness (QED) is 0.112. The lowest BCUT2D eigenvalue weighted by molar-refractivity contribution is -0.0487. The standard InChI is InChI=1S/C19H28N7O6PS2/c1-3-7-35-19-23-16(21-5-8-34-2)13-17(24-19)26(11-22-13)18-15(28)14(27)12(32-18)9-31-33(29,30)25-6-4-20-10-25/h4,6,10-12,14-15,18,27-28H,3,5,7-9H2,1-2H3,(H,29,30)(H,21,23,24)/t12-,14-,15-,18-/m1/s1. The van der Waals surface area contributed by atoms with Crippen molar-refractivity contribution in [2.75, 3.05) is 36.2 Å². The highest BCUT2D eigenvalue weighted by molar-refractivity contribution is 7.99. The maximum Gasteiger partial charge on any atom is 0.437 e. The number of nitrogens with one attached hydrogen (secondary N) is 1. The lowest BCUT2D eigenvalue weighted by atomic mass is 10.1. The van der Waals surface area contributed by atoms with E-state index in [4.69, 9.17) is 9.26 Å². The number of hydrogen-bond donors (Lipinski definition) is 4. The zero-order valence-corrected chi connectivity index (χ0v) is 21.7. The van der Waals surface area contributed by atoms with Crippen molar-refractivity contribution in [2.45, 2.75) is 43.0 Å². The minimum absolute atomic E-state index is 0.429. The van der Waals surface area contributed by atoms with Crippen LogP contribution in [0.5, 0.6) is 0 Å². The van der Waals surface area contributed by atoms with Crippen LogP contribution in [0.15, 0.2) is 30.2 Å². The van der Waals surface area contributed by atoms with E-state index in [1.54, 1.807) is 11.8 Å². The number of imidazole rings is 2. The van der Waals surface area contributed by atoms with Gasteiger partial charge in [-0.3, -0.25) is 9.09 Å². The van der Waals surface area contributed by atoms with E-state index in [0.29, 0.717) is 28.7 Å². The lowest BCUT2D eigenvalue weighted by Gasteiger charge is -2.18. The first-order chi connectivity index (χ1) is 16.9. The van der Waals surface area contributed by atoms with Crippen LogP contribution in [-0.4, -0.2) is 93.2 Å². The van der Waals surface area contributed by atoms with Gasteiger partial charge < -0.3 is 25.2 Å². The number of nitrogens with zero attached hydrogens (tertiary/aromatic N) is 6. The Morgan fingerprint density at radius 2 is 2.09 bits per heavy atom. The summed E-state index contributed by atoms with van der Waals surface area (Å²) in [5.41, 5.74) is 0.950. The zero-order chi connectivity index (χ0) is 25.0. The first kappa shape index (κ1) is 26.4. The van der Waals surface area contributed by atoms with Crippen molar-refractivity contribution in [3.05, 3.63) is 25.0 Å². The fourth-order valence-corrected chi connectivity index (χ4v) is 5.36. The predicted molar refractivity (Wildman–Crippen MR) is 133 cm³/mol. The second kappa shape index (κ2) is 11.6. The Morgan fingerprint density at radius 1 is 1.26 bits per heavy atom. The summed E-state index contributed by atoms with van der Waals surface area (Å²) in [4.78, 5) is 27.5. The molecule has 4 rings (SSSR count). The Kier molecular flexibility index (Phi) is 8.71. The molecule has 1 unspecified atom stereocenters. The van der Waals surface area contributed by atoms with E-state index in [1.807, 2.05) is 6.26 Å². The summed E-state index contributed by atoms with van der Waals surface area (Å²) >= 11 is 3.21. The van der Waals surface area contributed by atoms with Gasteiger partial charge in [-0.15, -0.1) is 0 Å². The van der Waals surface area contributed by atoms with Gasteiger partial charge in [0.2, 0.25) is 0 Å². The maximum atomic E-state index is 12.4. The highest BCUT2D eigenvalue weighted by atomic mass is 32.2. The molecule has 0 aliphatic carbocycles. The van der Waals surface area contributed by atoms with Gasteiger partial charge >= 0.3 is 7.75 Å². The molecule has 0 aromatic carbocycles. The first-order valence-electron chi connectivity index (χ1n) is 10.9. The Labute approximate surface area is 210 Å². The van der Waals surface area contributed by atoms with Crippen molar-refractivity contribution in [3.63, 3.8) is 0 Å². The van der Waals surface area contributed by atoms with Crippen LogP contribution in [0.4, 0.5) is 5.82 Å². The SMILES string of the molecule is CCCSc1nc(NCCSC)c2ncn([C@@H]3O[C@H](COP(=O)(O)n4ccnc4)[C@@H](O)[C@H]3O)c2n1. The smallest absolute Gasteiger partial charge is 0.387 e. The molecule has 4 heterocycles. The number of fused-ring (bicyclic) bond motifs is 1. The normalized spacial score (nSPS) is 24.1. The molecule has 4 N–H and O–H groups in total. The number of thioether (sulfide) groups is 2. The minimum Gasteiger partial charge on any atom is -0.387 e. The Bertz CT molecular complexity index is 1170. The van der Waals surface area contributed by atoms with Gasteiger partial charge in [0.05, 0.1) is 12.9 Å². The molecule has 1 aliphatic heterocycles. The molecule has 3 aromatic heterocycles. The van der Waals surface area contributed by atoms with E-state index < -0.39 is 38.9 Å². The van der Waals surface area contributed by atoms with Crippen molar-refractivity contribution >= 4 is 48.3 Å². The summed E-state index contributed by atoms with van der Waals surface area (Å²) in [5, 5.41) is 25.1. The summed E-state index contributed by atoms with van der Waals surface area (Å²) in [5.74, 6) is 2.30. The van der Waals surface area contributed by atoms with Crippen LogP contribution in [-0.2, 0) is 13.8 Å². The molecule has 192 valence electrons. The van der Waals surface area contributed by atoms with E-state index in [1.165, 1.54) is 35.0 Å². The molecule has 0 saturated carbocycles. The van der Waals surface area contributed by atoms with E-state index in [-0.39, 0.29) is 0 Å². The van der Waals surface area contributed by atoms with Crippen LogP contribution in [0, 0.1) is 0 Å². The Morgan fingerprint density at radius 3 is 2.80 bits per heavy atom. The van der Waals surface area contributed by atoms with Crippen molar-refractivity contribution in [1.82, 2.24) is 28.8 Å². The Hall–Kier alpha value is -1.71. The maximum absolute atomic E-state index is 12.4. The number of anilines is 1. The third-order valence-corrected chi connectivity index (χ3v) is 8.21. The van der Waals surface area contributed by atoms with Crippen LogP contribution >= 0.6 is 31.3 Å². The summed E-state index contributed by atoms with van der Waals surface area (Å²) in [7, 11) is -4.22. The molecule has 1 saturated heterocycles. The summed E-state index contributed by atoms with van der Waals surface area (Å²) in [6.07, 6.45) is 3.42. The summed E-state index contributed by atoms with van der Waals surface area (Å²) in [6.45, 7) is 2.33. The second-order valence-corrected chi connectivity index (χ2v) is 11.5. The van der Waals surface area contributed by atoms with Gasteiger partial charge in [0, 0.05) is 30.4 Å². The molecule has 0 spiro atoms. The van der Waals surface area contributed by atoms with Gasteiger partial charge in [0.25, 0.3) is 0 Å². The predicted octanol–water partition coefficient (Wildman–Crippen LogP) is 1.58. The highest BCUT2D eigenvalue weighted by Crippen LogP contribution is 2.44. The molecule has 3 aromatic rings. The highest BCUT2D eigenvalue weighted by Gasteiger charge is 2.45. The number of aliphatic hydroxyl groups excluding tert-OH is 2. The molecule has 13 nitrogen and oxygen atoms in total. The molecule has 0 radical (unpaired) electrons. The third-order valence-electron chi connectivity index (χ3n) is 5.24. The van der Waals surface area contributed by atoms with Crippen molar-refractivity contribution < 1.29 is 28.9 Å². The molecule has 35 heavy (non-hydrogen) atoms. The van der Waals surface area contributed by atoms with Crippen LogP contribution < -0.4 is 5.32 Å². The fraction of sp³-hybridized carbons (Fsp3) is 0.579. The summed E-state index contributed by atoms with van der Waals surface area (Å²) in [6, 6.07) is 0. The fourth-order valence-electron chi connectivity index (χ4n) is 3.47. The van der Waals surface area contributed by atoms with Crippen molar-refractivity contribution in [1.29, 1.82) is 0 Å². The van der Waals surface area contributed by atoms with E-state index >= 15 is 0 Å². The average Bonchev–Trinajstić information content (AvgIpc) is 3.58. The monoisotopic (exact) mass is 545 g/mol. The van der Waals surface area contributed by atoms with Crippen LogP contribution in [0.1, 0.15) is 19.6 Å². The molecule has 5 atom stereocenters. The van der Waals surface area contributed by atoms with Crippen LogP contribution in [0.3, 0.4) is 0 Å². The number of aromatic nitrogens is 6. The number of aliphatic hydroxyl groups is 2. The topological polar surface area (TPSA) is 170 Å². The lowest BCUT2D eigenvalue weighted by Crippen LogP contribution is -2.33. The van der Waals surface area contributed by atoms with E-state index in [0.717, 1.165) is 28.6 Å². The largest absolute Gasteiger partial charge is 0.437 e. The van der Waals surface area contributed by atoms with E-state index in [2.05, 4.69) is 32.2 Å². The second-order valence-electron chi connectivity index (χ2n) is 7.72. The molecular formula is C19H28N7O6PS2. The minimum atomic E-state index is -4.22. The first-order valence-corrected chi connectivity index (χ1v) is 14.8. The number of hydrogen-bond acceptors (Lipinski definition) is 12. The molecule has 1 aliphatic rings. The average molecular weight is 546 g/mol. The van der Waals surface area contributed by atoms with Crippen LogP contribution in [0.25, 0.3) is 11.2 Å². The van der Waals surface area contributed by atoms with Crippen molar-refractivity contribution in [2.24, 2.45) is 0 Å².